The maximum absolute atomic E-state index is 15.0. The third kappa shape index (κ3) is 4.35. The molecule has 3 aromatic rings. The lowest BCUT2D eigenvalue weighted by atomic mass is 9.96. The molecule has 0 bridgehead atoms. The lowest BCUT2D eigenvalue weighted by Crippen LogP contribution is -2.39. The fraction of sp³-hybridized carbons (Fsp3) is 0.318. The van der Waals surface area contributed by atoms with E-state index in [0.717, 1.165) is 6.42 Å². The zero-order chi connectivity index (χ0) is 20.4. The Hall–Kier alpha value is -3.06. The molecule has 0 radical (unpaired) electrons. The Morgan fingerprint density at radius 2 is 2.10 bits per heavy atom. The third-order valence-corrected chi connectivity index (χ3v) is 4.87. The number of nitrogens with one attached hydrogen (secondary N) is 1. The van der Waals surface area contributed by atoms with E-state index in [1.165, 1.54) is 12.3 Å². The van der Waals surface area contributed by atoms with Gasteiger partial charge in [0.25, 0.3) is 5.91 Å². The minimum atomic E-state index is -0.506. The Morgan fingerprint density at radius 3 is 2.86 bits per heavy atom. The van der Waals surface area contributed by atoms with E-state index in [1.54, 1.807) is 36.5 Å². The van der Waals surface area contributed by atoms with Crippen molar-refractivity contribution in [3.8, 4) is 5.88 Å². The number of carbonyl (C=O) groups excluding carboxylic acids is 1. The van der Waals surface area contributed by atoms with Gasteiger partial charge in [0, 0.05) is 30.9 Å². The Bertz CT molecular complexity index is 1040. The lowest BCUT2D eigenvalue weighted by Gasteiger charge is -2.35. The molecule has 7 heteroatoms. The summed E-state index contributed by atoms with van der Waals surface area (Å²) in [7, 11) is 0. The second-order valence-corrected chi connectivity index (χ2v) is 7.68. The summed E-state index contributed by atoms with van der Waals surface area (Å²) in [5, 5.41) is 3.58. The first-order valence-corrected chi connectivity index (χ1v) is 9.52. The van der Waals surface area contributed by atoms with E-state index in [9.17, 15) is 9.18 Å². The van der Waals surface area contributed by atoms with Crippen LogP contribution >= 0.6 is 0 Å². The van der Waals surface area contributed by atoms with Crippen molar-refractivity contribution in [2.24, 2.45) is 0 Å². The van der Waals surface area contributed by atoms with Crippen molar-refractivity contribution >= 4 is 22.4 Å². The minimum Gasteiger partial charge on any atom is -0.474 e. The van der Waals surface area contributed by atoms with Gasteiger partial charge in [0.2, 0.25) is 5.88 Å². The van der Waals surface area contributed by atoms with Gasteiger partial charge < -0.3 is 14.8 Å². The highest BCUT2D eigenvalue weighted by Crippen LogP contribution is 2.33. The van der Waals surface area contributed by atoms with Gasteiger partial charge in [-0.05, 0) is 49.6 Å². The topological polar surface area (TPSA) is 73.3 Å². The molecular weight excluding hydrogens is 373 g/mol. The van der Waals surface area contributed by atoms with E-state index in [4.69, 9.17) is 9.47 Å². The highest BCUT2D eigenvalue weighted by Gasteiger charge is 2.30. The van der Waals surface area contributed by atoms with Gasteiger partial charge in [0.1, 0.15) is 17.6 Å². The number of carbonyl (C=O) groups is 1. The highest BCUT2D eigenvalue weighted by atomic mass is 19.1. The van der Waals surface area contributed by atoms with Gasteiger partial charge in [-0.3, -0.25) is 9.78 Å². The Balaban J connectivity index is 1.60. The van der Waals surface area contributed by atoms with Crippen molar-refractivity contribution < 1.29 is 18.7 Å². The summed E-state index contributed by atoms with van der Waals surface area (Å²) in [6.45, 7) is 4.61. The average molecular weight is 395 g/mol. The first-order valence-electron chi connectivity index (χ1n) is 9.52. The third-order valence-electron chi connectivity index (χ3n) is 4.87. The molecule has 1 aliphatic heterocycles. The van der Waals surface area contributed by atoms with Crippen molar-refractivity contribution in [2.45, 2.75) is 38.4 Å². The number of halogens is 1. The van der Waals surface area contributed by atoms with Crippen LogP contribution in [0, 0.1) is 5.82 Å². The standard InChI is InChI=1S/C22H22FN3O3/c1-22(2)13-16(7-10-28-22)29-21-19-14(6-9-25-21)11-15(12-17(19)23)26-20(27)18-5-3-4-8-24-18/h3-6,8-9,11-12,16H,7,10,13H2,1-2H3,(H,26,27). The summed E-state index contributed by atoms with van der Waals surface area (Å²) < 4.78 is 26.7. The molecule has 3 heterocycles. The molecule has 4 rings (SSSR count). The summed E-state index contributed by atoms with van der Waals surface area (Å²) in [5.41, 5.74) is 0.318. The molecule has 1 fully saturated rings. The first kappa shape index (κ1) is 19.3. The zero-order valence-electron chi connectivity index (χ0n) is 16.3. The molecule has 150 valence electrons. The number of pyridine rings is 2. The van der Waals surface area contributed by atoms with E-state index in [0.29, 0.717) is 29.5 Å². The van der Waals surface area contributed by atoms with Gasteiger partial charge >= 0.3 is 0 Å². The van der Waals surface area contributed by atoms with Crippen LogP contribution in [0.2, 0.25) is 0 Å². The summed E-state index contributed by atoms with van der Waals surface area (Å²) in [5.74, 6) is -0.655. The van der Waals surface area contributed by atoms with Crippen LogP contribution in [-0.2, 0) is 4.74 Å². The predicted molar refractivity (Wildman–Crippen MR) is 108 cm³/mol. The second kappa shape index (κ2) is 7.75. The molecule has 1 N–H and O–H groups in total. The van der Waals surface area contributed by atoms with Gasteiger partial charge in [0.15, 0.2) is 0 Å². The van der Waals surface area contributed by atoms with Crippen molar-refractivity contribution in [3.05, 3.63) is 60.3 Å². The van der Waals surface area contributed by atoms with Gasteiger partial charge in [0.05, 0.1) is 17.6 Å². The Morgan fingerprint density at radius 1 is 1.24 bits per heavy atom. The van der Waals surface area contributed by atoms with Gasteiger partial charge in [-0.15, -0.1) is 0 Å². The smallest absolute Gasteiger partial charge is 0.274 e. The number of benzene rings is 1. The Labute approximate surface area is 168 Å². The van der Waals surface area contributed by atoms with Gasteiger partial charge in [-0.1, -0.05) is 6.07 Å². The number of aromatic nitrogens is 2. The number of amides is 1. The predicted octanol–water partition coefficient (Wildman–Crippen LogP) is 4.36. The number of rotatable bonds is 4. The Kier molecular flexibility index (Phi) is 5.15. The molecule has 2 aromatic heterocycles. The van der Waals surface area contributed by atoms with E-state index < -0.39 is 11.7 Å². The van der Waals surface area contributed by atoms with Gasteiger partial charge in [-0.2, -0.15) is 0 Å². The van der Waals surface area contributed by atoms with Crippen molar-refractivity contribution in [2.75, 3.05) is 11.9 Å². The number of hydrogen-bond acceptors (Lipinski definition) is 5. The molecule has 0 saturated carbocycles. The highest BCUT2D eigenvalue weighted by molar-refractivity contribution is 6.04. The van der Waals surface area contributed by atoms with Crippen LogP contribution in [0.15, 0.2) is 48.8 Å². The maximum atomic E-state index is 15.0. The fourth-order valence-corrected chi connectivity index (χ4v) is 3.52. The fourth-order valence-electron chi connectivity index (χ4n) is 3.52. The molecule has 29 heavy (non-hydrogen) atoms. The van der Waals surface area contributed by atoms with E-state index in [2.05, 4.69) is 15.3 Å². The van der Waals surface area contributed by atoms with E-state index >= 15 is 0 Å². The molecule has 1 atom stereocenters. The average Bonchev–Trinajstić information content (AvgIpc) is 2.68. The molecule has 1 saturated heterocycles. The van der Waals surface area contributed by atoms with Crippen LogP contribution in [0.1, 0.15) is 37.2 Å². The minimum absolute atomic E-state index is 0.0974. The number of nitrogens with zero attached hydrogens (tertiary/aromatic N) is 2. The number of fused-ring (bicyclic) bond motifs is 1. The zero-order valence-corrected chi connectivity index (χ0v) is 16.3. The van der Waals surface area contributed by atoms with Crippen LogP contribution in [0.25, 0.3) is 10.8 Å². The summed E-state index contributed by atoms with van der Waals surface area (Å²) in [4.78, 5) is 20.6. The quantitative estimate of drug-likeness (QED) is 0.711. The van der Waals surface area contributed by atoms with Crippen LogP contribution in [0.3, 0.4) is 0 Å². The molecule has 1 aromatic carbocycles. The van der Waals surface area contributed by atoms with E-state index in [-0.39, 0.29) is 23.3 Å². The van der Waals surface area contributed by atoms with Gasteiger partial charge in [-0.25, -0.2) is 9.37 Å². The van der Waals surface area contributed by atoms with E-state index in [1.807, 2.05) is 13.8 Å². The number of hydrogen-bond donors (Lipinski definition) is 1. The van der Waals surface area contributed by atoms with Crippen LogP contribution < -0.4 is 10.1 Å². The van der Waals surface area contributed by atoms with Crippen LogP contribution in [0.4, 0.5) is 10.1 Å². The lowest BCUT2D eigenvalue weighted by molar-refractivity contribution is -0.0901. The van der Waals surface area contributed by atoms with Crippen molar-refractivity contribution in [1.29, 1.82) is 0 Å². The molecule has 1 amide bonds. The van der Waals surface area contributed by atoms with Crippen LogP contribution in [-0.4, -0.2) is 34.2 Å². The monoisotopic (exact) mass is 395 g/mol. The molecular formula is C22H22FN3O3. The molecule has 1 aliphatic rings. The molecule has 0 spiro atoms. The van der Waals surface area contributed by atoms with Crippen LogP contribution in [0.5, 0.6) is 5.88 Å². The van der Waals surface area contributed by atoms with Crippen molar-refractivity contribution in [1.82, 2.24) is 9.97 Å². The largest absolute Gasteiger partial charge is 0.474 e. The SMILES string of the molecule is CC1(C)CC(Oc2nccc3cc(NC(=O)c4ccccn4)cc(F)c23)CCO1. The van der Waals surface area contributed by atoms with Crippen molar-refractivity contribution in [3.63, 3.8) is 0 Å². The number of ether oxygens (including phenoxy) is 2. The summed E-state index contributed by atoms with van der Waals surface area (Å²) in [6.07, 6.45) is 4.43. The number of anilines is 1. The molecule has 6 nitrogen and oxygen atoms in total. The summed E-state index contributed by atoms with van der Waals surface area (Å²) in [6, 6.07) is 9.69. The first-order chi connectivity index (χ1) is 13.9. The second-order valence-electron chi connectivity index (χ2n) is 7.68. The molecule has 1 unspecified atom stereocenters. The summed E-state index contributed by atoms with van der Waals surface area (Å²) >= 11 is 0. The maximum Gasteiger partial charge on any atom is 0.274 e. The normalized spacial score (nSPS) is 18.4. The molecule has 0 aliphatic carbocycles.